The molecule has 0 radical (unpaired) electrons. The van der Waals surface area contributed by atoms with Crippen LogP contribution in [0.2, 0.25) is 0 Å². The van der Waals surface area contributed by atoms with E-state index in [0.717, 1.165) is 12.0 Å². The number of amides is 2. The predicted octanol–water partition coefficient (Wildman–Crippen LogP) is 1.09. The van der Waals surface area contributed by atoms with Crippen molar-refractivity contribution in [3.05, 3.63) is 64.3 Å². The molecule has 0 bridgehead atoms. The van der Waals surface area contributed by atoms with Gasteiger partial charge in [0.25, 0.3) is 5.91 Å². The molecule has 0 saturated carbocycles. The maximum Gasteiger partial charge on any atom is 0.255 e. The van der Waals surface area contributed by atoms with Gasteiger partial charge >= 0.3 is 0 Å². The average molecular weight is 368 g/mol. The lowest BCUT2D eigenvalue weighted by atomic mass is 10.1. The number of hydrogen-bond acceptors (Lipinski definition) is 4. The first-order valence-corrected chi connectivity index (χ1v) is 9.17. The third-order valence-corrected chi connectivity index (χ3v) is 4.85. The summed E-state index contributed by atoms with van der Waals surface area (Å²) in [5.41, 5.74) is 1.45. The van der Waals surface area contributed by atoms with Crippen LogP contribution >= 0.6 is 0 Å². The Kier molecular flexibility index (Phi) is 6.01. The normalized spacial score (nSPS) is 14.7. The first-order chi connectivity index (χ1) is 13.0. The van der Waals surface area contributed by atoms with Gasteiger partial charge in [0.2, 0.25) is 11.5 Å². The monoisotopic (exact) mass is 368 g/mol. The van der Waals surface area contributed by atoms with Gasteiger partial charge < -0.3 is 14.4 Å². The van der Waals surface area contributed by atoms with E-state index in [1.807, 2.05) is 17.0 Å². The zero-order valence-corrected chi connectivity index (χ0v) is 15.5. The second-order valence-corrected chi connectivity index (χ2v) is 6.75. The SMILES string of the molecule is Cn1cc(C(=O)N2CCCN(C(=O)CCc3ccncc3)CC2)ccc1=O. The van der Waals surface area contributed by atoms with E-state index in [0.29, 0.717) is 44.6 Å². The van der Waals surface area contributed by atoms with Crippen LogP contribution in [0.15, 0.2) is 47.7 Å². The molecular formula is C20H24N4O3. The number of rotatable bonds is 4. The molecule has 3 rings (SSSR count). The Morgan fingerprint density at radius 2 is 1.70 bits per heavy atom. The van der Waals surface area contributed by atoms with Gasteiger partial charge in [0.1, 0.15) is 0 Å². The molecular weight excluding hydrogens is 344 g/mol. The molecule has 0 aromatic carbocycles. The summed E-state index contributed by atoms with van der Waals surface area (Å²) in [6.07, 6.45) is 6.92. The van der Waals surface area contributed by atoms with Crippen molar-refractivity contribution in [1.82, 2.24) is 19.4 Å². The highest BCUT2D eigenvalue weighted by molar-refractivity contribution is 5.94. The van der Waals surface area contributed by atoms with Crippen molar-refractivity contribution in [3.8, 4) is 0 Å². The number of pyridine rings is 2. The summed E-state index contributed by atoms with van der Waals surface area (Å²) < 4.78 is 1.40. The summed E-state index contributed by atoms with van der Waals surface area (Å²) in [5, 5.41) is 0. The fraction of sp³-hybridized carbons (Fsp3) is 0.400. The van der Waals surface area contributed by atoms with Crippen LogP contribution in [-0.2, 0) is 18.3 Å². The van der Waals surface area contributed by atoms with E-state index < -0.39 is 0 Å². The molecule has 0 atom stereocenters. The molecule has 1 fully saturated rings. The molecule has 0 unspecified atom stereocenters. The van der Waals surface area contributed by atoms with Crippen molar-refractivity contribution < 1.29 is 9.59 Å². The molecule has 7 heteroatoms. The fourth-order valence-electron chi connectivity index (χ4n) is 3.23. The zero-order valence-electron chi connectivity index (χ0n) is 15.5. The second kappa shape index (κ2) is 8.62. The van der Waals surface area contributed by atoms with E-state index in [1.165, 1.54) is 10.6 Å². The van der Waals surface area contributed by atoms with E-state index in [1.54, 1.807) is 36.6 Å². The summed E-state index contributed by atoms with van der Waals surface area (Å²) >= 11 is 0. The smallest absolute Gasteiger partial charge is 0.255 e. The molecule has 1 aliphatic heterocycles. The molecule has 142 valence electrons. The standard InChI is InChI=1S/C20H24N4O3/c1-22-15-17(4-6-18(22)25)20(27)24-12-2-11-23(13-14-24)19(26)5-3-16-7-9-21-10-8-16/h4,6-10,15H,2-3,5,11-14H2,1H3. The van der Waals surface area contributed by atoms with Crippen LogP contribution in [-0.4, -0.2) is 57.3 Å². The Bertz CT molecular complexity index is 863. The highest BCUT2D eigenvalue weighted by Crippen LogP contribution is 2.11. The highest BCUT2D eigenvalue weighted by atomic mass is 16.2. The third kappa shape index (κ3) is 4.81. The Balaban J connectivity index is 1.56. The number of aromatic nitrogens is 2. The number of aryl methyl sites for hydroxylation is 2. The number of carbonyl (C=O) groups is 2. The van der Waals surface area contributed by atoms with Crippen LogP contribution in [0.5, 0.6) is 0 Å². The number of carbonyl (C=O) groups excluding carboxylic acids is 2. The van der Waals surface area contributed by atoms with Gasteiger partial charge in [-0.2, -0.15) is 0 Å². The molecule has 3 heterocycles. The summed E-state index contributed by atoms with van der Waals surface area (Å²) in [7, 11) is 1.63. The van der Waals surface area contributed by atoms with E-state index in [-0.39, 0.29) is 17.4 Å². The van der Waals surface area contributed by atoms with Gasteiger partial charge in [-0.25, -0.2) is 0 Å². The lowest BCUT2D eigenvalue weighted by molar-refractivity contribution is -0.131. The Hall–Kier alpha value is -2.96. The van der Waals surface area contributed by atoms with E-state index in [9.17, 15) is 14.4 Å². The van der Waals surface area contributed by atoms with Crippen molar-refractivity contribution in [1.29, 1.82) is 0 Å². The van der Waals surface area contributed by atoms with Crippen molar-refractivity contribution in [2.24, 2.45) is 7.05 Å². The van der Waals surface area contributed by atoms with Crippen LogP contribution in [0, 0.1) is 0 Å². The van der Waals surface area contributed by atoms with Crippen molar-refractivity contribution in [2.45, 2.75) is 19.3 Å². The molecule has 2 aromatic heterocycles. The molecule has 2 amide bonds. The second-order valence-electron chi connectivity index (χ2n) is 6.75. The maximum absolute atomic E-state index is 12.7. The zero-order chi connectivity index (χ0) is 19.2. The van der Waals surface area contributed by atoms with Gasteiger partial charge in [0, 0.05) is 64.3 Å². The molecule has 27 heavy (non-hydrogen) atoms. The van der Waals surface area contributed by atoms with Crippen molar-refractivity contribution >= 4 is 11.8 Å². The summed E-state index contributed by atoms with van der Waals surface area (Å²) in [4.78, 5) is 44.3. The lowest BCUT2D eigenvalue weighted by Gasteiger charge is -2.22. The highest BCUT2D eigenvalue weighted by Gasteiger charge is 2.23. The minimum Gasteiger partial charge on any atom is -0.341 e. The Morgan fingerprint density at radius 1 is 1.00 bits per heavy atom. The van der Waals surface area contributed by atoms with E-state index in [4.69, 9.17) is 0 Å². The summed E-state index contributed by atoms with van der Waals surface area (Å²) in [5.74, 6) is 0.0138. The molecule has 1 aliphatic rings. The first kappa shape index (κ1) is 18.8. The van der Waals surface area contributed by atoms with E-state index in [2.05, 4.69) is 4.98 Å². The van der Waals surface area contributed by atoms with Crippen LogP contribution in [0.1, 0.15) is 28.8 Å². The summed E-state index contributed by atoms with van der Waals surface area (Å²) in [6.45, 7) is 2.30. The molecule has 7 nitrogen and oxygen atoms in total. The summed E-state index contributed by atoms with van der Waals surface area (Å²) in [6, 6.07) is 6.81. The lowest BCUT2D eigenvalue weighted by Crippen LogP contribution is -2.37. The topological polar surface area (TPSA) is 75.5 Å². The van der Waals surface area contributed by atoms with Gasteiger partial charge in [-0.3, -0.25) is 19.4 Å². The van der Waals surface area contributed by atoms with Crippen LogP contribution in [0.3, 0.4) is 0 Å². The molecule has 1 saturated heterocycles. The van der Waals surface area contributed by atoms with Crippen LogP contribution in [0.4, 0.5) is 0 Å². The quantitative estimate of drug-likeness (QED) is 0.810. The largest absolute Gasteiger partial charge is 0.341 e. The average Bonchev–Trinajstić information content (AvgIpc) is 2.95. The Labute approximate surface area is 158 Å². The fourth-order valence-corrected chi connectivity index (χ4v) is 3.23. The minimum absolute atomic E-state index is 0.100. The first-order valence-electron chi connectivity index (χ1n) is 9.17. The number of nitrogens with zero attached hydrogens (tertiary/aromatic N) is 4. The van der Waals surface area contributed by atoms with Gasteiger partial charge in [0.15, 0.2) is 0 Å². The number of hydrogen-bond donors (Lipinski definition) is 0. The minimum atomic E-state index is -0.145. The third-order valence-electron chi connectivity index (χ3n) is 4.85. The van der Waals surface area contributed by atoms with Crippen molar-refractivity contribution in [3.63, 3.8) is 0 Å². The molecule has 2 aromatic rings. The Morgan fingerprint density at radius 3 is 2.44 bits per heavy atom. The van der Waals surface area contributed by atoms with Crippen LogP contribution in [0.25, 0.3) is 0 Å². The molecule has 0 spiro atoms. The maximum atomic E-state index is 12.7. The van der Waals surface area contributed by atoms with Gasteiger partial charge in [-0.15, -0.1) is 0 Å². The van der Waals surface area contributed by atoms with Gasteiger partial charge in [0.05, 0.1) is 5.56 Å². The van der Waals surface area contributed by atoms with Crippen molar-refractivity contribution in [2.75, 3.05) is 26.2 Å². The van der Waals surface area contributed by atoms with Crippen LogP contribution < -0.4 is 5.56 Å². The van der Waals surface area contributed by atoms with Gasteiger partial charge in [-0.05, 0) is 36.6 Å². The predicted molar refractivity (Wildman–Crippen MR) is 101 cm³/mol. The van der Waals surface area contributed by atoms with Gasteiger partial charge in [-0.1, -0.05) is 0 Å². The van der Waals surface area contributed by atoms with E-state index >= 15 is 0 Å². The molecule has 0 aliphatic carbocycles. The molecule has 0 N–H and O–H groups in total.